The summed E-state index contributed by atoms with van der Waals surface area (Å²) >= 11 is 6.38. The number of halogens is 2. The Hall–Kier alpha value is -2.78. The molecule has 198 valence electrons. The fraction of sp³-hybridized carbons (Fsp3) is 0.407. The number of aryl methyl sites for hydroxylation is 1. The highest BCUT2D eigenvalue weighted by Gasteiger charge is 2.23. The molecule has 8 nitrogen and oxygen atoms in total. The topological polar surface area (TPSA) is 94.0 Å². The van der Waals surface area contributed by atoms with Gasteiger partial charge in [-0.25, -0.2) is 0 Å². The molecule has 3 heterocycles. The molecule has 4 aromatic rings. The van der Waals surface area contributed by atoms with Crippen molar-refractivity contribution in [2.75, 3.05) is 32.8 Å². The minimum atomic E-state index is -0.610. The van der Waals surface area contributed by atoms with E-state index in [9.17, 15) is 5.11 Å². The highest BCUT2D eigenvalue weighted by molar-refractivity contribution is 6.32. The summed E-state index contributed by atoms with van der Waals surface area (Å²) in [6.45, 7) is 6.85. The molecule has 1 saturated heterocycles. The first kappa shape index (κ1) is 27.3. The maximum Gasteiger partial charge on any atom is 0.283 e. The number of hydrogen-bond donors (Lipinski definition) is 1. The van der Waals surface area contributed by atoms with Gasteiger partial charge in [0.1, 0.15) is 29.8 Å². The Morgan fingerprint density at radius 2 is 1.89 bits per heavy atom. The molecule has 1 N–H and O–H groups in total. The summed E-state index contributed by atoms with van der Waals surface area (Å²) in [4.78, 5) is 2.29. The molecule has 1 aliphatic heterocycles. The molecular weight excluding hydrogens is 517 g/mol. The molecule has 0 saturated carbocycles. The lowest BCUT2D eigenvalue weighted by atomic mass is 9.89. The van der Waals surface area contributed by atoms with Gasteiger partial charge in [0.2, 0.25) is 5.89 Å². The van der Waals surface area contributed by atoms with E-state index in [1.165, 1.54) is 5.56 Å². The number of ether oxygens (including phenoxy) is 2. The summed E-state index contributed by atoms with van der Waals surface area (Å²) in [6, 6.07) is 13.5. The van der Waals surface area contributed by atoms with Crippen LogP contribution in [0.15, 0.2) is 51.3 Å². The maximum atomic E-state index is 10.7. The van der Waals surface area contributed by atoms with Gasteiger partial charge in [0.25, 0.3) is 5.89 Å². The Kier molecular flexibility index (Phi) is 8.97. The van der Waals surface area contributed by atoms with E-state index in [-0.39, 0.29) is 19.0 Å². The molecule has 0 aliphatic carbocycles. The number of β-amino-alcohol motifs (C(OH)–C–C–N with tert-alkyl or cyclic N) is 1. The van der Waals surface area contributed by atoms with Crippen LogP contribution in [0.3, 0.4) is 0 Å². The predicted octanol–water partition coefficient (Wildman–Crippen LogP) is 5.88. The molecule has 0 amide bonds. The lowest BCUT2D eigenvalue weighted by Gasteiger charge is -2.33. The van der Waals surface area contributed by atoms with Crippen molar-refractivity contribution in [3.8, 4) is 23.1 Å². The third-order valence-electron chi connectivity index (χ3n) is 6.47. The molecule has 0 spiro atoms. The summed E-state index contributed by atoms with van der Waals surface area (Å²) in [6.07, 6.45) is 1.43. The summed E-state index contributed by atoms with van der Waals surface area (Å²) in [5, 5.41) is 20.0. The number of likely N-dealkylation sites (tertiary alicyclic amines) is 1. The molecule has 2 aromatic carbocycles. The quantitative estimate of drug-likeness (QED) is 0.277. The second-order valence-corrected chi connectivity index (χ2v) is 9.47. The van der Waals surface area contributed by atoms with Crippen molar-refractivity contribution in [2.24, 2.45) is 0 Å². The molecule has 1 aliphatic rings. The lowest BCUT2D eigenvalue weighted by molar-refractivity contribution is 0.0599. The zero-order valence-electron chi connectivity index (χ0n) is 20.9. The van der Waals surface area contributed by atoms with E-state index in [4.69, 9.17) is 29.9 Å². The number of piperidine rings is 1. The fourth-order valence-corrected chi connectivity index (χ4v) is 4.93. The Morgan fingerprint density at radius 1 is 1.08 bits per heavy atom. The first-order valence-corrected chi connectivity index (χ1v) is 12.7. The first-order chi connectivity index (χ1) is 17.5. The van der Waals surface area contributed by atoms with Gasteiger partial charge in [-0.05, 0) is 68.6 Å². The average Bonchev–Trinajstić information content (AvgIpc) is 3.51. The summed E-state index contributed by atoms with van der Waals surface area (Å²) in [5.41, 5.74) is 1.90. The highest BCUT2D eigenvalue weighted by Crippen LogP contribution is 2.34. The molecule has 2 aromatic heterocycles. The van der Waals surface area contributed by atoms with Crippen LogP contribution in [-0.2, 0) is 0 Å². The SMILES string of the molecule is CCOc1ccc(C2CCN(C[C@H](O)COc3cccc4oc(-c5nnc(C)o5)cc34)CC2)cc1Cl.Cl. The second-order valence-electron chi connectivity index (χ2n) is 9.07. The molecule has 0 bridgehead atoms. The van der Waals surface area contributed by atoms with E-state index in [1.807, 2.05) is 43.3 Å². The van der Waals surface area contributed by atoms with Crippen LogP contribution in [-0.4, -0.2) is 59.2 Å². The number of benzene rings is 2. The first-order valence-electron chi connectivity index (χ1n) is 12.3. The van der Waals surface area contributed by atoms with Crippen molar-refractivity contribution in [2.45, 2.75) is 38.7 Å². The van der Waals surface area contributed by atoms with Gasteiger partial charge in [0.15, 0.2) is 5.76 Å². The van der Waals surface area contributed by atoms with Crippen molar-refractivity contribution in [1.82, 2.24) is 15.1 Å². The van der Waals surface area contributed by atoms with Gasteiger partial charge in [-0.3, -0.25) is 0 Å². The van der Waals surface area contributed by atoms with Gasteiger partial charge in [0.05, 0.1) is 17.0 Å². The standard InChI is InChI=1S/C27H30ClN3O5.ClH/c1-3-33-25-8-7-19(13-22(25)28)18-9-11-31(12-10-18)15-20(32)16-34-23-5-4-6-24-21(23)14-26(36-24)27-30-29-17(2)35-27;/h4-8,13-14,18,20,32H,3,9-12,15-16H2,1-2H3;1H/t20-;/m0./s1. The molecule has 0 radical (unpaired) electrons. The van der Waals surface area contributed by atoms with E-state index < -0.39 is 6.10 Å². The van der Waals surface area contributed by atoms with Crippen molar-refractivity contribution in [3.05, 3.63) is 58.9 Å². The number of aliphatic hydroxyl groups excluding tert-OH is 1. The lowest BCUT2D eigenvalue weighted by Crippen LogP contribution is -2.40. The second kappa shape index (κ2) is 12.2. The zero-order chi connectivity index (χ0) is 25.1. The van der Waals surface area contributed by atoms with Crippen LogP contribution in [0.25, 0.3) is 22.6 Å². The third-order valence-corrected chi connectivity index (χ3v) is 6.77. The molecule has 37 heavy (non-hydrogen) atoms. The van der Waals surface area contributed by atoms with Gasteiger partial charge < -0.3 is 28.3 Å². The fourth-order valence-electron chi connectivity index (χ4n) is 4.69. The van der Waals surface area contributed by atoms with Gasteiger partial charge >= 0.3 is 0 Å². The largest absolute Gasteiger partial charge is 0.492 e. The van der Waals surface area contributed by atoms with Gasteiger partial charge in [0, 0.05) is 19.5 Å². The van der Waals surface area contributed by atoms with Crippen LogP contribution in [0.5, 0.6) is 11.5 Å². The van der Waals surface area contributed by atoms with Crippen molar-refractivity contribution < 1.29 is 23.4 Å². The monoisotopic (exact) mass is 547 g/mol. The Labute approximate surface area is 226 Å². The molecule has 5 rings (SSSR count). The van der Waals surface area contributed by atoms with E-state index in [0.29, 0.717) is 53.0 Å². The minimum Gasteiger partial charge on any atom is -0.492 e. The maximum absolute atomic E-state index is 10.7. The van der Waals surface area contributed by atoms with Crippen molar-refractivity contribution in [3.63, 3.8) is 0 Å². The smallest absolute Gasteiger partial charge is 0.283 e. The van der Waals surface area contributed by atoms with Crippen LogP contribution in [0, 0.1) is 6.92 Å². The van der Waals surface area contributed by atoms with Crippen LogP contribution in [0.2, 0.25) is 5.02 Å². The Bertz CT molecular complexity index is 1320. The summed E-state index contributed by atoms with van der Waals surface area (Å²) in [7, 11) is 0. The predicted molar refractivity (Wildman–Crippen MR) is 144 cm³/mol. The van der Waals surface area contributed by atoms with Gasteiger partial charge in [-0.2, -0.15) is 0 Å². The van der Waals surface area contributed by atoms with Crippen LogP contribution in [0.4, 0.5) is 0 Å². The third kappa shape index (κ3) is 6.38. The number of rotatable bonds is 9. The normalized spacial score (nSPS) is 15.5. The number of aromatic nitrogens is 2. The van der Waals surface area contributed by atoms with Crippen molar-refractivity contribution >= 4 is 35.0 Å². The molecular formula is C27H31Cl2N3O5. The number of furan rings is 1. The van der Waals surface area contributed by atoms with Crippen LogP contribution >= 0.6 is 24.0 Å². The van der Waals surface area contributed by atoms with E-state index in [1.54, 1.807) is 6.92 Å². The number of nitrogens with zero attached hydrogens (tertiary/aromatic N) is 3. The summed E-state index contributed by atoms with van der Waals surface area (Å²) < 4.78 is 22.8. The van der Waals surface area contributed by atoms with Crippen LogP contribution in [0.1, 0.15) is 37.1 Å². The van der Waals surface area contributed by atoms with E-state index in [0.717, 1.165) is 37.1 Å². The van der Waals surface area contributed by atoms with Gasteiger partial charge in [-0.15, -0.1) is 22.6 Å². The Balaban J connectivity index is 0.00000320. The zero-order valence-corrected chi connectivity index (χ0v) is 22.4. The van der Waals surface area contributed by atoms with Crippen LogP contribution < -0.4 is 9.47 Å². The summed E-state index contributed by atoms with van der Waals surface area (Å²) in [5.74, 6) is 3.11. The molecule has 10 heteroatoms. The van der Waals surface area contributed by atoms with Gasteiger partial charge in [-0.1, -0.05) is 23.7 Å². The average molecular weight is 548 g/mol. The number of aliphatic hydroxyl groups is 1. The highest BCUT2D eigenvalue weighted by atomic mass is 35.5. The molecule has 0 unspecified atom stereocenters. The number of hydrogen-bond acceptors (Lipinski definition) is 8. The number of fused-ring (bicyclic) bond motifs is 1. The Morgan fingerprint density at radius 3 is 2.59 bits per heavy atom. The molecule has 1 fully saturated rings. The minimum absolute atomic E-state index is 0. The van der Waals surface area contributed by atoms with E-state index in [2.05, 4.69) is 21.2 Å². The van der Waals surface area contributed by atoms with Crippen molar-refractivity contribution in [1.29, 1.82) is 0 Å². The molecule has 1 atom stereocenters. The van der Waals surface area contributed by atoms with E-state index >= 15 is 0 Å².